The van der Waals surface area contributed by atoms with Crippen molar-refractivity contribution in [3.8, 4) is 0 Å². The molecule has 4 nitrogen and oxygen atoms in total. The van der Waals surface area contributed by atoms with Crippen molar-refractivity contribution in [2.24, 2.45) is 11.8 Å². The summed E-state index contributed by atoms with van der Waals surface area (Å²) in [7, 11) is 0. The fourth-order valence-electron chi connectivity index (χ4n) is 4.01. The zero-order valence-electron chi connectivity index (χ0n) is 16.1. The van der Waals surface area contributed by atoms with Gasteiger partial charge in [-0.05, 0) is 43.9 Å². The molecule has 28 heavy (non-hydrogen) atoms. The van der Waals surface area contributed by atoms with Crippen LogP contribution < -0.4 is 0 Å². The molecule has 0 radical (unpaired) electrons. The van der Waals surface area contributed by atoms with Crippen molar-refractivity contribution >= 4 is 35.1 Å². The molecule has 0 amide bonds. The van der Waals surface area contributed by atoms with E-state index in [1.165, 1.54) is 6.07 Å². The van der Waals surface area contributed by atoms with E-state index in [0.717, 1.165) is 51.4 Å². The number of benzene rings is 1. The van der Waals surface area contributed by atoms with Gasteiger partial charge in [0.05, 0.1) is 24.3 Å². The summed E-state index contributed by atoms with van der Waals surface area (Å²) in [6.07, 6.45) is 8.41. The number of ether oxygens (including phenoxy) is 2. The van der Waals surface area contributed by atoms with Gasteiger partial charge >= 0.3 is 11.9 Å². The Hall–Kier alpha value is -1.26. The molecule has 6 heteroatoms. The molecule has 154 valence electrons. The number of carbonyl (C=O) groups is 2. The van der Waals surface area contributed by atoms with Crippen molar-refractivity contribution in [3.63, 3.8) is 0 Å². The van der Waals surface area contributed by atoms with E-state index < -0.39 is 11.9 Å². The molecule has 4 unspecified atom stereocenters. The van der Waals surface area contributed by atoms with Gasteiger partial charge in [-0.3, -0.25) is 0 Å². The molecule has 4 atom stereocenters. The van der Waals surface area contributed by atoms with E-state index >= 15 is 0 Å². The molecular weight excluding hydrogens is 399 g/mol. The third-order valence-corrected chi connectivity index (χ3v) is 6.97. The van der Waals surface area contributed by atoms with Crippen LogP contribution in [0, 0.1) is 11.8 Å². The predicted molar refractivity (Wildman–Crippen MR) is 110 cm³/mol. The van der Waals surface area contributed by atoms with Crippen LogP contribution >= 0.6 is 23.2 Å². The number of carbonyl (C=O) groups excluding carboxylic acids is 2. The molecule has 3 rings (SSSR count). The largest absolute Gasteiger partial charge is 0.462 e. The maximum absolute atomic E-state index is 12.4. The second-order valence-corrected chi connectivity index (χ2v) is 9.02. The predicted octanol–water partition coefficient (Wildman–Crippen LogP) is 5.60. The summed E-state index contributed by atoms with van der Waals surface area (Å²) in [5.41, 5.74) is 0.702. The summed E-state index contributed by atoms with van der Waals surface area (Å²) < 4.78 is 10.9. The molecule has 0 bridgehead atoms. The number of rotatable bonds is 6. The molecule has 0 aliphatic heterocycles. The van der Waals surface area contributed by atoms with Gasteiger partial charge in [-0.25, -0.2) is 9.59 Å². The van der Waals surface area contributed by atoms with Crippen LogP contribution in [0.1, 0.15) is 72.1 Å². The molecule has 2 aliphatic carbocycles. The van der Waals surface area contributed by atoms with E-state index in [1.54, 1.807) is 18.2 Å². The minimum absolute atomic E-state index is 0.0633. The Morgan fingerprint density at radius 3 is 1.64 bits per heavy atom. The van der Waals surface area contributed by atoms with E-state index in [9.17, 15) is 9.59 Å². The van der Waals surface area contributed by atoms with Crippen LogP contribution in [-0.2, 0) is 9.47 Å². The number of alkyl halides is 2. The van der Waals surface area contributed by atoms with E-state index in [1.807, 2.05) is 0 Å². The first-order chi connectivity index (χ1) is 13.5. The minimum atomic E-state index is -0.433. The Kier molecular flexibility index (Phi) is 8.04. The topological polar surface area (TPSA) is 52.6 Å². The lowest BCUT2D eigenvalue weighted by atomic mass is 9.89. The van der Waals surface area contributed by atoms with Crippen molar-refractivity contribution in [1.29, 1.82) is 0 Å². The van der Waals surface area contributed by atoms with E-state index in [-0.39, 0.29) is 22.6 Å². The summed E-state index contributed by atoms with van der Waals surface area (Å²) in [6, 6.07) is 6.49. The summed E-state index contributed by atoms with van der Waals surface area (Å²) in [6.45, 7) is 0.640. The SMILES string of the molecule is O=C(OCC1CCCCC1Cl)c1cccc(C(=O)OCC2CCCCC2Cl)c1. The van der Waals surface area contributed by atoms with Gasteiger partial charge in [0.1, 0.15) is 0 Å². The standard InChI is InChI=1S/C22H28Cl2O4/c23-19-10-3-1-6-17(19)13-27-21(25)15-8-5-9-16(12-15)22(26)28-14-18-7-2-4-11-20(18)24/h5,8-9,12,17-20H,1-4,6-7,10-11,13-14H2. The van der Waals surface area contributed by atoms with Crippen LogP contribution in [0.2, 0.25) is 0 Å². The molecule has 0 aromatic heterocycles. The molecule has 2 fully saturated rings. The first-order valence-corrected chi connectivity index (χ1v) is 11.1. The van der Waals surface area contributed by atoms with Crippen LogP contribution in [0.3, 0.4) is 0 Å². The van der Waals surface area contributed by atoms with Gasteiger partial charge in [-0.1, -0.05) is 31.7 Å². The highest BCUT2D eigenvalue weighted by Crippen LogP contribution is 2.30. The maximum atomic E-state index is 12.4. The monoisotopic (exact) mass is 426 g/mol. The molecular formula is C22H28Cl2O4. The van der Waals surface area contributed by atoms with E-state index in [0.29, 0.717) is 24.3 Å². The second kappa shape index (κ2) is 10.5. The number of hydrogen-bond donors (Lipinski definition) is 0. The fourth-order valence-corrected chi connectivity index (χ4v) is 4.71. The minimum Gasteiger partial charge on any atom is -0.462 e. The summed E-state index contributed by atoms with van der Waals surface area (Å²) in [5, 5.41) is 0.127. The molecule has 0 heterocycles. The highest BCUT2D eigenvalue weighted by molar-refractivity contribution is 6.21. The lowest BCUT2D eigenvalue weighted by molar-refractivity contribution is 0.0412. The van der Waals surface area contributed by atoms with Crippen molar-refractivity contribution in [1.82, 2.24) is 0 Å². The normalized spacial score (nSPS) is 27.8. The van der Waals surface area contributed by atoms with Gasteiger partial charge in [0.25, 0.3) is 0 Å². The Labute approximate surface area is 176 Å². The Morgan fingerprint density at radius 2 is 1.21 bits per heavy atom. The molecule has 1 aromatic rings. The molecule has 0 saturated heterocycles. The highest BCUT2D eigenvalue weighted by Gasteiger charge is 2.26. The fraction of sp³-hybridized carbons (Fsp3) is 0.636. The van der Waals surface area contributed by atoms with Gasteiger partial charge in [0.2, 0.25) is 0 Å². The van der Waals surface area contributed by atoms with Crippen molar-refractivity contribution in [3.05, 3.63) is 35.4 Å². The van der Waals surface area contributed by atoms with Crippen LogP contribution in [0.4, 0.5) is 0 Å². The third kappa shape index (κ3) is 5.87. The van der Waals surface area contributed by atoms with Gasteiger partial charge in [-0.2, -0.15) is 0 Å². The Balaban J connectivity index is 1.52. The molecule has 0 N–H and O–H groups in total. The van der Waals surface area contributed by atoms with E-state index in [4.69, 9.17) is 32.7 Å². The van der Waals surface area contributed by atoms with Gasteiger partial charge in [0.15, 0.2) is 0 Å². The summed E-state index contributed by atoms with van der Waals surface area (Å²) in [5.74, 6) is -0.465. The van der Waals surface area contributed by atoms with Crippen molar-refractivity contribution in [2.75, 3.05) is 13.2 Å². The van der Waals surface area contributed by atoms with E-state index in [2.05, 4.69) is 0 Å². The molecule has 0 spiro atoms. The Morgan fingerprint density at radius 1 is 0.786 bits per heavy atom. The zero-order valence-corrected chi connectivity index (χ0v) is 17.6. The van der Waals surface area contributed by atoms with Crippen LogP contribution in [0.25, 0.3) is 0 Å². The van der Waals surface area contributed by atoms with Gasteiger partial charge in [-0.15, -0.1) is 23.2 Å². The van der Waals surface area contributed by atoms with Crippen molar-refractivity contribution in [2.45, 2.75) is 62.1 Å². The lowest BCUT2D eigenvalue weighted by Crippen LogP contribution is -2.26. The van der Waals surface area contributed by atoms with Gasteiger partial charge in [0, 0.05) is 22.6 Å². The van der Waals surface area contributed by atoms with Crippen molar-refractivity contribution < 1.29 is 19.1 Å². The highest BCUT2D eigenvalue weighted by atomic mass is 35.5. The Bertz CT molecular complexity index is 625. The van der Waals surface area contributed by atoms with Crippen LogP contribution in [0.15, 0.2) is 24.3 Å². The summed E-state index contributed by atoms with van der Waals surface area (Å²) in [4.78, 5) is 24.8. The maximum Gasteiger partial charge on any atom is 0.338 e. The first-order valence-electron chi connectivity index (χ1n) is 10.3. The number of esters is 2. The third-order valence-electron chi connectivity index (χ3n) is 5.82. The molecule has 2 aliphatic rings. The number of halogens is 2. The average molecular weight is 427 g/mol. The average Bonchev–Trinajstić information content (AvgIpc) is 2.72. The van der Waals surface area contributed by atoms with Crippen LogP contribution in [-0.4, -0.2) is 35.9 Å². The lowest BCUT2D eigenvalue weighted by Gasteiger charge is -2.26. The molecule has 2 saturated carbocycles. The zero-order chi connectivity index (χ0) is 19.9. The number of hydrogen-bond acceptors (Lipinski definition) is 4. The molecule has 1 aromatic carbocycles. The first kappa shape index (κ1) is 21.4. The quantitative estimate of drug-likeness (QED) is 0.438. The summed E-state index contributed by atoms with van der Waals surface area (Å²) >= 11 is 12.7. The second-order valence-electron chi connectivity index (χ2n) is 7.90. The van der Waals surface area contributed by atoms with Crippen LogP contribution in [0.5, 0.6) is 0 Å². The van der Waals surface area contributed by atoms with Gasteiger partial charge < -0.3 is 9.47 Å². The smallest absolute Gasteiger partial charge is 0.338 e.